The molecule has 0 bridgehead atoms. The second-order valence-electron chi connectivity index (χ2n) is 8.63. The van der Waals surface area contributed by atoms with Gasteiger partial charge in [0.1, 0.15) is 0 Å². The molecule has 3 nitrogen and oxygen atoms in total. The van der Waals surface area contributed by atoms with Gasteiger partial charge >= 0.3 is 5.97 Å². The van der Waals surface area contributed by atoms with Crippen LogP contribution in [0.1, 0.15) is 53.4 Å². The van der Waals surface area contributed by atoms with Crippen LogP contribution in [0.2, 0.25) is 5.04 Å². The van der Waals surface area contributed by atoms with Crippen LogP contribution in [0.3, 0.4) is 0 Å². The molecule has 2 rings (SSSR count). The molecule has 0 heterocycles. The molecule has 2 aromatic rings. The minimum atomic E-state index is -2.46. The number of unbranched alkanes of at least 4 members (excludes halogenated alkanes) is 2. The van der Waals surface area contributed by atoms with Crippen molar-refractivity contribution in [2.24, 2.45) is 0 Å². The highest BCUT2D eigenvalue weighted by molar-refractivity contribution is 6.99. The summed E-state index contributed by atoms with van der Waals surface area (Å²) in [5.74, 6) is 2.22. The van der Waals surface area contributed by atoms with Gasteiger partial charge in [0.15, 0.2) is 6.10 Å². The van der Waals surface area contributed by atoms with Crippen molar-refractivity contribution >= 4 is 24.7 Å². The molecule has 4 heteroatoms. The molecule has 2 aromatic carbocycles. The number of carbonyl (C=O) groups excluding carboxylic acids is 1. The van der Waals surface area contributed by atoms with Gasteiger partial charge in [-0.3, -0.25) is 4.79 Å². The zero-order chi connectivity index (χ0) is 22.0. The Bertz CT molecular complexity index is 779. The highest BCUT2D eigenvalue weighted by Gasteiger charge is 2.49. The molecule has 0 N–H and O–H groups in total. The van der Waals surface area contributed by atoms with E-state index in [1.807, 2.05) is 0 Å². The standard InChI is InChI=1S/C26H34O3Si/c1-6-23(29-22(2)27)16-10-9-15-21-28-30(26(3,4)5,24-17-11-7-12-18-24)25-19-13-8-14-20-25/h1,7-8,11-14,17-20,23H,9-10,15-16,21H2,2-5H3/t23-/m1/s1. The average molecular weight is 423 g/mol. The van der Waals surface area contributed by atoms with Crippen molar-refractivity contribution in [3.63, 3.8) is 0 Å². The van der Waals surface area contributed by atoms with E-state index in [0.29, 0.717) is 13.0 Å². The van der Waals surface area contributed by atoms with Gasteiger partial charge in [-0.2, -0.15) is 0 Å². The molecule has 0 aliphatic heterocycles. The van der Waals surface area contributed by atoms with Crippen LogP contribution in [0.4, 0.5) is 0 Å². The molecule has 30 heavy (non-hydrogen) atoms. The molecule has 160 valence electrons. The number of esters is 1. The topological polar surface area (TPSA) is 35.5 Å². The van der Waals surface area contributed by atoms with E-state index in [0.717, 1.165) is 19.3 Å². The molecule has 0 radical (unpaired) electrons. The summed E-state index contributed by atoms with van der Waals surface area (Å²) in [4.78, 5) is 11.1. The molecule has 0 aliphatic carbocycles. The Labute approximate surface area is 182 Å². The molecule has 0 aliphatic rings. The summed E-state index contributed by atoms with van der Waals surface area (Å²) < 4.78 is 12.0. The van der Waals surface area contributed by atoms with Gasteiger partial charge in [0.25, 0.3) is 8.32 Å². The first-order valence-corrected chi connectivity index (χ1v) is 12.6. The van der Waals surface area contributed by atoms with E-state index in [4.69, 9.17) is 15.6 Å². The maximum atomic E-state index is 11.1. The number of carbonyl (C=O) groups is 1. The highest BCUT2D eigenvalue weighted by atomic mass is 28.4. The maximum Gasteiger partial charge on any atom is 0.303 e. The fourth-order valence-electron chi connectivity index (χ4n) is 3.97. The average Bonchev–Trinajstić information content (AvgIpc) is 2.72. The fourth-order valence-corrected chi connectivity index (χ4v) is 8.58. The van der Waals surface area contributed by atoms with E-state index in [2.05, 4.69) is 87.4 Å². The third-order valence-corrected chi connectivity index (χ3v) is 10.4. The summed E-state index contributed by atoms with van der Waals surface area (Å²) in [6.07, 6.45) is 8.55. The normalized spacial score (nSPS) is 12.8. The fraction of sp³-hybridized carbons (Fsp3) is 0.423. The highest BCUT2D eigenvalue weighted by Crippen LogP contribution is 2.36. The van der Waals surface area contributed by atoms with Gasteiger partial charge in [0.05, 0.1) is 0 Å². The van der Waals surface area contributed by atoms with Crippen molar-refractivity contribution in [3.8, 4) is 12.3 Å². The van der Waals surface area contributed by atoms with E-state index in [1.54, 1.807) is 0 Å². The van der Waals surface area contributed by atoms with Gasteiger partial charge in [-0.25, -0.2) is 0 Å². The first-order valence-electron chi connectivity index (χ1n) is 10.7. The van der Waals surface area contributed by atoms with E-state index >= 15 is 0 Å². The first kappa shape index (κ1) is 23.9. The summed E-state index contributed by atoms with van der Waals surface area (Å²) in [7, 11) is -2.46. The SMILES string of the molecule is C#C[C@H](CCCCCO[Si](c1ccccc1)(c1ccccc1)C(C)(C)C)OC(C)=O. The number of hydrogen-bond acceptors (Lipinski definition) is 3. The van der Waals surface area contributed by atoms with Crippen LogP contribution < -0.4 is 10.4 Å². The molecule has 0 spiro atoms. The molecular weight excluding hydrogens is 388 g/mol. The van der Waals surface area contributed by atoms with Gasteiger partial charge < -0.3 is 9.16 Å². The van der Waals surface area contributed by atoms with Gasteiger partial charge in [-0.05, 0) is 34.7 Å². The first-order chi connectivity index (χ1) is 14.3. The van der Waals surface area contributed by atoms with Crippen molar-refractivity contribution in [2.45, 2.75) is 64.5 Å². The van der Waals surface area contributed by atoms with E-state index in [-0.39, 0.29) is 11.0 Å². The summed E-state index contributed by atoms with van der Waals surface area (Å²) in [6, 6.07) is 21.4. The quantitative estimate of drug-likeness (QED) is 0.241. The Morgan fingerprint density at radius 1 is 0.967 bits per heavy atom. The van der Waals surface area contributed by atoms with Gasteiger partial charge in [0, 0.05) is 13.5 Å². The van der Waals surface area contributed by atoms with E-state index in [9.17, 15) is 4.79 Å². The van der Waals surface area contributed by atoms with Crippen molar-refractivity contribution < 1.29 is 14.0 Å². The predicted molar refractivity (Wildman–Crippen MR) is 126 cm³/mol. The summed E-state index contributed by atoms with van der Waals surface area (Å²) in [5.41, 5.74) is 0. The van der Waals surface area contributed by atoms with Gasteiger partial charge in [-0.15, -0.1) is 6.42 Å². The third-order valence-electron chi connectivity index (χ3n) is 5.34. The van der Waals surface area contributed by atoms with Crippen molar-refractivity contribution in [1.82, 2.24) is 0 Å². The Kier molecular flexibility index (Phi) is 8.89. The van der Waals surface area contributed by atoms with Gasteiger partial charge in [-0.1, -0.05) is 93.8 Å². The molecule has 1 atom stereocenters. The molecule has 0 amide bonds. The number of ether oxygens (including phenoxy) is 1. The lowest BCUT2D eigenvalue weighted by molar-refractivity contribution is -0.144. The van der Waals surface area contributed by atoms with E-state index in [1.165, 1.54) is 17.3 Å². The minimum absolute atomic E-state index is 0.0143. The predicted octanol–water partition coefficient (Wildman–Crippen LogP) is 4.69. The molecular formula is C26H34O3Si. The van der Waals surface area contributed by atoms with Crippen LogP contribution in [0.25, 0.3) is 0 Å². The third kappa shape index (κ3) is 6.07. The number of hydrogen-bond donors (Lipinski definition) is 0. The second-order valence-corrected chi connectivity index (χ2v) is 12.9. The monoisotopic (exact) mass is 422 g/mol. The molecule has 0 aromatic heterocycles. The maximum absolute atomic E-state index is 11.1. The van der Waals surface area contributed by atoms with E-state index < -0.39 is 14.4 Å². The largest absolute Gasteiger partial charge is 0.449 e. The lowest BCUT2D eigenvalue weighted by Crippen LogP contribution is -2.66. The molecule has 0 fully saturated rings. The smallest absolute Gasteiger partial charge is 0.303 e. The number of benzene rings is 2. The van der Waals surface area contributed by atoms with Crippen LogP contribution in [0, 0.1) is 12.3 Å². The lowest BCUT2D eigenvalue weighted by Gasteiger charge is -2.43. The van der Waals surface area contributed by atoms with Crippen molar-refractivity contribution in [1.29, 1.82) is 0 Å². The van der Waals surface area contributed by atoms with Crippen molar-refractivity contribution in [3.05, 3.63) is 60.7 Å². The minimum Gasteiger partial charge on any atom is -0.449 e. The summed E-state index contributed by atoms with van der Waals surface area (Å²) in [5, 5.41) is 2.58. The van der Waals surface area contributed by atoms with Crippen LogP contribution in [-0.4, -0.2) is 27.0 Å². The lowest BCUT2D eigenvalue weighted by atomic mass is 10.1. The summed E-state index contributed by atoms with van der Waals surface area (Å²) in [6.45, 7) is 8.95. The van der Waals surface area contributed by atoms with Crippen molar-refractivity contribution in [2.75, 3.05) is 6.61 Å². The van der Waals surface area contributed by atoms with Crippen LogP contribution >= 0.6 is 0 Å². The van der Waals surface area contributed by atoms with Crippen LogP contribution in [-0.2, 0) is 14.0 Å². The molecule has 0 saturated heterocycles. The zero-order valence-corrected chi connectivity index (χ0v) is 19.7. The summed E-state index contributed by atoms with van der Waals surface area (Å²) >= 11 is 0. The zero-order valence-electron chi connectivity index (χ0n) is 18.7. The second kappa shape index (κ2) is 11.2. The Morgan fingerprint density at radius 2 is 1.50 bits per heavy atom. The number of rotatable bonds is 10. The Morgan fingerprint density at radius 3 is 1.93 bits per heavy atom. The van der Waals surface area contributed by atoms with Crippen LogP contribution in [0.5, 0.6) is 0 Å². The molecule has 0 unspecified atom stereocenters. The molecule has 0 saturated carbocycles. The Hall–Kier alpha value is -2.35. The Balaban J connectivity index is 2.10. The van der Waals surface area contributed by atoms with Crippen LogP contribution in [0.15, 0.2) is 60.7 Å². The number of terminal acetylenes is 1. The van der Waals surface area contributed by atoms with Gasteiger partial charge in [0.2, 0.25) is 0 Å².